The molecule has 1 aliphatic rings. The molecular formula is C12H13ClF3NO. The lowest BCUT2D eigenvalue weighted by atomic mass is 9.62. The van der Waals surface area contributed by atoms with Gasteiger partial charge in [0.05, 0.1) is 11.7 Å². The second-order valence-corrected chi connectivity index (χ2v) is 5.15. The molecule has 0 atom stereocenters. The molecule has 0 aliphatic heterocycles. The maximum absolute atomic E-state index is 12.7. The summed E-state index contributed by atoms with van der Waals surface area (Å²) in [5.74, 6) is 0. The number of hydrogen-bond donors (Lipinski definition) is 2. The minimum atomic E-state index is -4.41. The summed E-state index contributed by atoms with van der Waals surface area (Å²) >= 11 is 5.97. The molecule has 0 unspecified atom stereocenters. The summed E-state index contributed by atoms with van der Waals surface area (Å²) in [6, 6.07) is 3.23. The van der Waals surface area contributed by atoms with Crippen molar-refractivity contribution in [3.05, 3.63) is 34.3 Å². The van der Waals surface area contributed by atoms with Crippen LogP contribution in [-0.2, 0) is 11.6 Å². The van der Waals surface area contributed by atoms with E-state index in [1.54, 1.807) is 0 Å². The van der Waals surface area contributed by atoms with E-state index in [4.69, 9.17) is 17.3 Å². The first kappa shape index (κ1) is 13.6. The van der Waals surface area contributed by atoms with Crippen LogP contribution in [0.25, 0.3) is 0 Å². The summed E-state index contributed by atoms with van der Waals surface area (Å²) in [5.41, 5.74) is 4.65. The van der Waals surface area contributed by atoms with E-state index in [1.807, 2.05) is 0 Å². The number of nitrogens with two attached hydrogens (primary N) is 1. The maximum Gasteiger partial charge on any atom is 0.416 e. The van der Waals surface area contributed by atoms with Gasteiger partial charge in [-0.25, -0.2) is 0 Å². The third-order valence-corrected chi connectivity index (χ3v) is 3.84. The molecule has 100 valence electrons. The average molecular weight is 280 g/mol. The Morgan fingerprint density at radius 2 is 2.00 bits per heavy atom. The van der Waals surface area contributed by atoms with Gasteiger partial charge in [-0.3, -0.25) is 0 Å². The van der Waals surface area contributed by atoms with E-state index in [9.17, 15) is 18.3 Å². The van der Waals surface area contributed by atoms with Gasteiger partial charge in [-0.1, -0.05) is 11.6 Å². The van der Waals surface area contributed by atoms with Gasteiger partial charge in [0, 0.05) is 17.0 Å². The first-order chi connectivity index (χ1) is 8.28. The molecule has 0 radical (unpaired) electrons. The van der Waals surface area contributed by atoms with Crippen molar-refractivity contribution in [2.24, 2.45) is 5.73 Å². The second kappa shape index (κ2) is 4.40. The van der Waals surface area contributed by atoms with Crippen LogP contribution in [0.4, 0.5) is 13.2 Å². The average Bonchev–Trinajstić information content (AvgIpc) is 2.24. The Kier molecular flexibility index (Phi) is 3.34. The highest BCUT2D eigenvalue weighted by molar-refractivity contribution is 6.31. The molecule has 0 saturated heterocycles. The summed E-state index contributed by atoms with van der Waals surface area (Å²) in [4.78, 5) is 0. The molecule has 0 amide bonds. The van der Waals surface area contributed by atoms with Crippen LogP contribution in [0.2, 0.25) is 5.02 Å². The molecule has 0 spiro atoms. The first-order valence-corrected chi connectivity index (χ1v) is 5.92. The van der Waals surface area contributed by atoms with Gasteiger partial charge >= 0.3 is 6.18 Å². The van der Waals surface area contributed by atoms with Crippen molar-refractivity contribution < 1.29 is 18.3 Å². The van der Waals surface area contributed by atoms with Gasteiger partial charge in [-0.2, -0.15) is 13.2 Å². The maximum atomic E-state index is 12.7. The Morgan fingerprint density at radius 3 is 2.44 bits per heavy atom. The van der Waals surface area contributed by atoms with E-state index >= 15 is 0 Å². The standard InChI is InChI=1S/C12H13ClF3NO/c13-10-2-1-7(12(14,15)16)3-9(10)11(6-17)4-8(18)5-11/h1-3,8,18H,4-6,17H2. The lowest BCUT2D eigenvalue weighted by Crippen LogP contribution is -2.50. The Bertz CT molecular complexity index is 455. The zero-order valence-electron chi connectivity index (χ0n) is 9.47. The molecule has 0 heterocycles. The highest BCUT2D eigenvalue weighted by Crippen LogP contribution is 2.47. The fourth-order valence-corrected chi connectivity index (χ4v) is 2.76. The van der Waals surface area contributed by atoms with Gasteiger partial charge in [-0.15, -0.1) is 0 Å². The molecule has 0 aromatic heterocycles. The summed E-state index contributed by atoms with van der Waals surface area (Å²) in [7, 11) is 0. The highest BCUT2D eigenvalue weighted by atomic mass is 35.5. The van der Waals surface area contributed by atoms with Crippen LogP contribution in [0.1, 0.15) is 24.0 Å². The second-order valence-electron chi connectivity index (χ2n) is 4.74. The predicted molar refractivity (Wildman–Crippen MR) is 62.4 cm³/mol. The lowest BCUT2D eigenvalue weighted by Gasteiger charge is -2.45. The van der Waals surface area contributed by atoms with E-state index in [0.717, 1.165) is 12.1 Å². The van der Waals surface area contributed by atoms with Crippen molar-refractivity contribution in [3.63, 3.8) is 0 Å². The summed E-state index contributed by atoms with van der Waals surface area (Å²) < 4.78 is 38.0. The third-order valence-electron chi connectivity index (χ3n) is 3.51. The van der Waals surface area contributed by atoms with E-state index in [0.29, 0.717) is 18.4 Å². The summed E-state index contributed by atoms with van der Waals surface area (Å²) in [5, 5.41) is 9.64. The van der Waals surface area contributed by atoms with Crippen LogP contribution in [0, 0.1) is 0 Å². The van der Waals surface area contributed by atoms with Gasteiger partial charge in [0.15, 0.2) is 0 Å². The molecule has 1 aliphatic carbocycles. The van der Waals surface area contributed by atoms with Crippen molar-refractivity contribution in [2.75, 3.05) is 6.54 Å². The Labute approximate surface area is 108 Å². The Morgan fingerprint density at radius 1 is 1.39 bits per heavy atom. The smallest absolute Gasteiger partial charge is 0.393 e. The SMILES string of the molecule is NCC1(c2cc(C(F)(F)F)ccc2Cl)CC(O)C1. The van der Waals surface area contributed by atoms with Gasteiger partial charge in [-0.05, 0) is 36.6 Å². The van der Waals surface area contributed by atoms with E-state index < -0.39 is 23.3 Å². The zero-order valence-corrected chi connectivity index (χ0v) is 10.2. The normalized spacial score (nSPS) is 28.0. The van der Waals surface area contributed by atoms with Crippen LogP contribution in [-0.4, -0.2) is 17.8 Å². The van der Waals surface area contributed by atoms with Crippen molar-refractivity contribution in [2.45, 2.75) is 30.5 Å². The molecule has 3 N–H and O–H groups in total. The van der Waals surface area contributed by atoms with E-state index in [1.165, 1.54) is 6.07 Å². The summed E-state index contributed by atoms with van der Waals surface area (Å²) in [6.45, 7) is 0.172. The Balaban J connectivity index is 2.44. The Hall–Kier alpha value is -0.780. The van der Waals surface area contributed by atoms with E-state index in [-0.39, 0.29) is 11.6 Å². The molecule has 1 aromatic rings. The monoisotopic (exact) mass is 279 g/mol. The van der Waals surface area contributed by atoms with Crippen molar-refractivity contribution in [1.29, 1.82) is 0 Å². The van der Waals surface area contributed by atoms with Gasteiger partial charge in [0.1, 0.15) is 0 Å². The molecule has 1 aromatic carbocycles. The van der Waals surface area contributed by atoms with Crippen LogP contribution >= 0.6 is 11.6 Å². The molecule has 0 bridgehead atoms. The molecule has 2 nitrogen and oxygen atoms in total. The van der Waals surface area contributed by atoms with Crippen molar-refractivity contribution >= 4 is 11.6 Å². The number of hydrogen-bond acceptors (Lipinski definition) is 2. The molecular weight excluding hydrogens is 267 g/mol. The number of rotatable bonds is 2. The fourth-order valence-electron chi connectivity index (χ4n) is 2.45. The largest absolute Gasteiger partial charge is 0.416 e. The van der Waals surface area contributed by atoms with Gasteiger partial charge in [0.2, 0.25) is 0 Å². The molecule has 18 heavy (non-hydrogen) atoms. The molecule has 6 heteroatoms. The molecule has 2 rings (SSSR count). The van der Waals surface area contributed by atoms with Crippen LogP contribution < -0.4 is 5.73 Å². The summed E-state index contributed by atoms with van der Waals surface area (Å²) in [6.07, 6.45) is -4.22. The molecule has 1 fully saturated rings. The minimum Gasteiger partial charge on any atom is -0.393 e. The predicted octanol–water partition coefficient (Wildman–Crippen LogP) is 2.71. The van der Waals surface area contributed by atoms with Crippen molar-refractivity contribution in [1.82, 2.24) is 0 Å². The highest BCUT2D eigenvalue weighted by Gasteiger charge is 2.45. The van der Waals surface area contributed by atoms with E-state index in [2.05, 4.69) is 0 Å². The number of halogens is 4. The minimum absolute atomic E-state index is 0.172. The first-order valence-electron chi connectivity index (χ1n) is 5.54. The van der Waals surface area contributed by atoms with Crippen LogP contribution in [0.15, 0.2) is 18.2 Å². The topological polar surface area (TPSA) is 46.2 Å². The van der Waals surface area contributed by atoms with Crippen molar-refractivity contribution in [3.8, 4) is 0 Å². The van der Waals surface area contributed by atoms with Gasteiger partial charge in [0.25, 0.3) is 0 Å². The zero-order chi connectivity index (χ0) is 13.6. The van der Waals surface area contributed by atoms with Crippen LogP contribution in [0.3, 0.4) is 0 Å². The van der Waals surface area contributed by atoms with Crippen LogP contribution in [0.5, 0.6) is 0 Å². The number of aliphatic hydroxyl groups excluding tert-OH is 1. The number of alkyl halides is 3. The fraction of sp³-hybridized carbons (Fsp3) is 0.500. The van der Waals surface area contributed by atoms with Gasteiger partial charge < -0.3 is 10.8 Å². The third kappa shape index (κ3) is 2.22. The number of aliphatic hydroxyl groups is 1. The molecule has 1 saturated carbocycles. The lowest BCUT2D eigenvalue weighted by molar-refractivity contribution is -0.137. The number of benzene rings is 1. The quantitative estimate of drug-likeness (QED) is 0.874.